The molecule has 3 aromatic rings. The van der Waals surface area contributed by atoms with E-state index in [1.54, 1.807) is 6.07 Å². The van der Waals surface area contributed by atoms with Gasteiger partial charge in [0, 0.05) is 42.4 Å². The van der Waals surface area contributed by atoms with Gasteiger partial charge in [-0.3, -0.25) is 14.4 Å². The largest absolute Gasteiger partial charge is 0.348 e. The van der Waals surface area contributed by atoms with Crippen LogP contribution in [0.2, 0.25) is 0 Å². The van der Waals surface area contributed by atoms with Gasteiger partial charge in [0.05, 0.1) is 0 Å². The molecule has 0 spiro atoms. The number of aryl methyl sites for hydroxylation is 1. The molecule has 1 fully saturated rings. The number of nitrogens with one attached hydrogen (secondary N) is 2. The molecule has 33 heavy (non-hydrogen) atoms. The van der Waals surface area contributed by atoms with E-state index in [1.807, 2.05) is 59.5 Å². The molecule has 2 aliphatic heterocycles. The van der Waals surface area contributed by atoms with Gasteiger partial charge < -0.3 is 15.5 Å². The number of carbonyl (C=O) groups excluding carboxylic acids is 3. The fourth-order valence-corrected chi connectivity index (χ4v) is 4.77. The van der Waals surface area contributed by atoms with Crippen molar-refractivity contribution < 1.29 is 14.4 Å². The van der Waals surface area contributed by atoms with E-state index in [0.717, 1.165) is 47.7 Å². The van der Waals surface area contributed by atoms with Crippen LogP contribution in [0.3, 0.4) is 0 Å². The second-order valence-electron chi connectivity index (χ2n) is 8.90. The van der Waals surface area contributed by atoms with Crippen LogP contribution < -0.4 is 10.6 Å². The van der Waals surface area contributed by atoms with Crippen LogP contribution in [-0.4, -0.2) is 41.8 Å². The van der Waals surface area contributed by atoms with E-state index in [-0.39, 0.29) is 23.8 Å². The molecule has 0 saturated carbocycles. The number of piperidine rings is 1. The second kappa shape index (κ2) is 9.06. The summed E-state index contributed by atoms with van der Waals surface area (Å²) in [6.07, 6.45) is 3.75. The molecule has 3 amide bonds. The third-order valence-corrected chi connectivity index (χ3v) is 6.53. The van der Waals surface area contributed by atoms with Gasteiger partial charge >= 0.3 is 0 Å². The Balaban J connectivity index is 1.26. The van der Waals surface area contributed by atoms with Crippen molar-refractivity contribution >= 4 is 34.2 Å². The molecule has 0 aromatic heterocycles. The molecule has 168 valence electrons. The molecule has 1 unspecified atom stereocenters. The monoisotopic (exact) mass is 441 g/mol. The van der Waals surface area contributed by atoms with Crippen LogP contribution in [0.15, 0.2) is 60.7 Å². The van der Waals surface area contributed by atoms with Crippen LogP contribution in [0, 0.1) is 0 Å². The molecule has 3 aromatic carbocycles. The minimum absolute atomic E-state index is 0.0221. The summed E-state index contributed by atoms with van der Waals surface area (Å²) < 4.78 is 0. The Labute approximate surface area is 193 Å². The van der Waals surface area contributed by atoms with E-state index < -0.39 is 0 Å². The standard InChI is InChI=1S/C27H27N3O3/c31-25-9-3-7-20-16-22(12-13-24(20)29-25)27(33)30-14-4-8-23(17-30)28-26(32)21-11-10-18-5-1-2-6-19(18)15-21/h1-2,5-6,10-13,15-16,23H,3-4,7-9,14,17H2,(H,28,32)(H,29,31). The minimum Gasteiger partial charge on any atom is -0.348 e. The van der Waals surface area contributed by atoms with E-state index >= 15 is 0 Å². The first-order valence-electron chi connectivity index (χ1n) is 11.6. The summed E-state index contributed by atoms with van der Waals surface area (Å²) in [6, 6.07) is 19.1. The number of hydrogen-bond acceptors (Lipinski definition) is 3. The fraction of sp³-hybridized carbons (Fsp3) is 0.296. The Morgan fingerprint density at radius 1 is 0.909 bits per heavy atom. The number of likely N-dealkylation sites (tertiary alicyclic amines) is 1. The summed E-state index contributed by atoms with van der Waals surface area (Å²) in [4.78, 5) is 39.7. The summed E-state index contributed by atoms with van der Waals surface area (Å²) >= 11 is 0. The number of nitrogens with zero attached hydrogens (tertiary/aromatic N) is 1. The fourth-order valence-electron chi connectivity index (χ4n) is 4.77. The maximum Gasteiger partial charge on any atom is 0.253 e. The number of rotatable bonds is 3. The van der Waals surface area contributed by atoms with Crippen molar-refractivity contribution in [2.75, 3.05) is 18.4 Å². The normalized spacial score (nSPS) is 18.2. The molecule has 6 nitrogen and oxygen atoms in total. The van der Waals surface area contributed by atoms with Crippen molar-refractivity contribution in [1.29, 1.82) is 0 Å². The van der Waals surface area contributed by atoms with Crippen molar-refractivity contribution in [3.05, 3.63) is 77.4 Å². The second-order valence-corrected chi connectivity index (χ2v) is 8.90. The molecule has 2 heterocycles. The highest BCUT2D eigenvalue weighted by molar-refractivity contribution is 5.99. The molecule has 2 N–H and O–H groups in total. The summed E-state index contributed by atoms with van der Waals surface area (Å²) in [5.74, 6) is -0.118. The lowest BCUT2D eigenvalue weighted by Gasteiger charge is -2.33. The topological polar surface area (TPSA) is 78.5 Å². The molecule has 6 heteroatoms. The molecule has 1 atom stereocenters. The zero-order chi connectivity index (χ0) is 22.8. The van der Waals surface area contributed by atoms with Crippen molar-refractivity contribution in [2.45, 2.75) is 38.1 Å². The molecule has 0 radical (unpaired) electrons. The average molecular weight is 442 g/mol. The molecular formula is C27H27N3O3. The van der Waals surface area contributed by atoms with Crippen LogP contribution >= 0.6 is 0 Å². The SMILES string of the molecule is O=C1CCCc2cc(C(=O)N3CCCC(NC(=O)c4ccc5ccccc5c4)C3)ccc2N1. The lowest BCUT2D eigenvalue weighted by molar-refractivity contribution is -0.116. The highest BCUT2D eigenvalue weighted by Crippen LogP contribution is 2.25. The van der Waals surface area contributed by atoms with E-state index in [2.05, 4.69) is 10.6 Å². The smallest absolute Gasteiger partial charge is 0.253 e. The Hall–Kier alpha value is -3.67. The van der Waals surface area contributed by atoms with Gasteiger partial charge in [0.1, 0.15) is 0 Å². The molecular weight excluding hydrogens is 414 g/mol. The number of hydrogen-bond donors (Lipinski definition) is 2. The number of amides is 3. The van der Waals surface area contributed by atoms with E-state index in [4.69, 9.17) is 0 Å². The van der Waals surface area contributed by atoms with Crippen molar-refractivity contribution in [3.63, 3.8) is 0 Å². The van der Waals surface area contributed by atoms with Crippen molar-refractivity contribution in [1.82, 2.24) is 10.2 Å². The van der Waals surface area contributed by atoms with Gasteiger partial charge in [0.15, 0.2) is 0 Å². The van der Waals surface area contributed by atoms with Gasteiger partial charge in [-0.1, -0.05) is 30.3 Å². The average Bonchev–Trinajstić information content (AvgIpc) is 3.03. The number of fused-ring (bicyclic) bond motifs is 2. The van der Waals surface area contributed by atoms with Gasteiger partial charge in [0.2, 0.25) is 5.91 Å². The number of anilines is 1. The van der Waals surface area contributed by atoms with Gasteiger partial charge in [-0.15, -0.1) is 0 Å². The van der Waals surface area contributed by atoms with Crippen molar-refractivity contribution in [2.24, 2.45) is 0 Å². The summed E-state index contributed by atoms with van der Waals surface area (Å²) in [7, 11) is 0. The lowest BCUT2D eigenvalue weighted by Crippen LogP contribution is -2.49. The highest BCUT2D eigenvalue weighted by atomic mass is 16.2. The van der Waals surface area contributed by atoms with Crippen molar-refractivity contribution in [3.8, 4) is 0 Å². The number of benzene rings is 3. The van der Waals surface area contributed by atoms with Crippen LogP contribution in [0.4, 0.5) is 5.69 Å². The first-order valence-corrected chi connectivity index (χ1v) is 11.6. The van der Waals surface area contributed by atoms with E-state index in [0.29, 0.717) is 30.6 Å². The summed E-state index contributed by atoms with van der Waals surface area (Å²) in [5, 5.41) is 8.16. The summed E-state index contributed by atoms with van der Waals surface area (Å²) in [5.41, 5.74) is 3.06. The zero-order valence-corrected chi connectivity index (χ0v) is 18.5. The Morgan fingerprint density at radius 2 is 1.73 bits per heavy atom. The van der Waals surface area contributed by atoms with E-state index in [1.165, 1.54) is 0 Å². The van der Waals surface area contributed by atoms with E-state index in [9.17, 15) is 14.4 Å². The zero-order valence-electron chi connectivity index (χ0n) is 18.5. The van der Waals surface area contributed by atoms with Crippen LogP contribution in [0.1, 0.15) is 52.0 Å². The maximum atomic E-state index is 13.2. The molecule has 5 rings (SSSR count). The predicted octanol–water partition coefficient (Wildman–Crippen LogP) is 4.15. The van der Waals surface area contributed by atoms with Crippen LogP contribution in [0.5, 0.6) is 0 Å². The predicted molar refractivity (Wildman–Crippen MR) is 128 cm³/mol. The van der Waals surface area contributed by atoms with Gasteiger partial charge in [-0.25, -0.2) is 0 Å². The number of carbonyl (C=O) groups is 3. The Bertz CT molecular complexity index is 1240. The molecule has 0 aliphatic carbocycles. The Kier molecular flexibility index (Phi) is 5.82. The van der Waals surface area contributed by atoms with Crippen LogP contribution in [-0.2, 0) is 11.2 Å². The quantitative estimate of drug-likeness (QED) is 0.641. The minimum atomic E-state index is -0.110. The molecule has 2 aliphatic rings. The maximum absolute atomic E-state index is 13.2. The van der Waals surface area contributed by atoms with Gasteiger partial charge in [-0.2, -0.15) is 0 Å². The molecule has 0 bridgehead atoms. The first-order chi connectivity index (χ1) is 16.1. The first kappa shape index (κ1) is 21.2. The Morgan fingerprint density at radius 3 is 2.61 bits per heavy atom. The lowest BCUT2D eigenvalue weighted by atomic mass is 10.0. The highest BCUT2D eigenvalue weighted by Gasteiger charge is 2.26. The van der Waals surface area contributed by atoms with Gasteiger partial charge in [0.25, 0.3) is 11.8 Å². The van der Waals surface area contributed by atoms with Gasteiger partial charge in [-0.05, 0) is 72.4 Å². The summed E-state index contributed by atoms with van der Waals surface area (Å²) in [6.45, 7) is 1.17. The molecule has 1 saturated heterocycles. The van der Waals surface area contributed by atoms with Crippen LogP contribution in [0.25, 0.3) is 10.8 Å². The third-order valence-electron chi connectivity index (χ3n) is 6.53. The third kappa shape index (κ3) is 4.60.